The summed E-state index contributed by atoms with van der Waals surface area (Å²) in [5.41, 5.74) is 3.23. The van der Waals surface area contributed by atoms with E-state index in [1.807, 2.05) is 36.4 Å². The summed E-state index contributed by atoms with van der Waals surface area (Å²) < 4.78 is 0. The number of hydrogen-bond donors (Lipinski definition) is 3. The van der Waals surface area contributed by atoms with Crippen LogP contribution in [0.25, 0.3) is 11.0 Å². The van der Waals surface area contributed by atoms with Crippen LogP contribution >= 0.6 is 0 Å². The quantitative estimate of drug-likeness (QED) is 0.461. The van der Waals surface area contributed by atoms with E-state index in [2.05, 4.69) is 44.4 Å². The number of hydrogen-bond acceptors (Lipinski definition) is 5. The van der Waals surface area contributed by atoms with E-state index >= 15 is 0 Å². The molecule has 2 heterocycles. The molecule has 1 unspecified atom stereocenters. The number of imidazole rings is 1. The van der Waals surface area contributed by atoms with Gasteiger partial charge in [0.1, 0.15) is 5.82 Å². The summed E-state index contributed by atoms with van der Waals surface area (Å²) in [5, 5.41) is 6.20. The van der Waals surface area contributed by atoms with E-state index in [0.717, 1.165) is 22.5 Å². The molecule has 1 amide bonds. The second kappa shape index (κ2) is 8.10. The second-order valence-corrected chi connectivity index (χ2v) is 7.11. The van der Waals surface area contributed by atoms with Gasteiger partial charge in [0.2, 0.25) is 5.95 Å². The Bertz CT molecular complexity index is 1070. The molecule has 0 saturated carbocycles. The van der Waals surface area contributed by atoms with Gasteiger partial charge in [0.15, 0.2) is 0 Å². The standard InChI is InChI=1S/C22H22N6O/c1-14(2)19(20-26-17-6-3-4-7-18(17)27-20)28-21(29)15-8-10-16(11-9-15)25-22-23-12-5-13-24-22/h3-14,19H,1-2H3,(H,26,27)(H,28,29)(H,23,24,25). The number of aromatic amines is 1. The Morgan fingerprint density at radius 3 is 2.38 bits per heavy atom. The largest absolute Gasteiger partial charge is 0.342 e. The molecule has 0 aliphatic rings. The number of fused-ring (bicyclic) bond motifs is 1. The molecule has 7 heteroatoms. The molecule has 0 bridgehead atoms. The number of benzene rings is 2. The van der Waals surface area contributed by atoms with Crippen molar-refractivity contribution in [3.63, 3.8) is 0 Å². The lowest BCUT2D eigenvalue weighted by atomic mass is 10.0. The average Bonchev–Trinajstić information content (AvgIpc) is 3.16. The number of carbonyl (C=O) groups excluding carboxylic acids is 1. The van der Waals surface area contributed by atoms with E-state index < -0.39 is 0 Å². The Balaban J connectivity index is 1.49. The topological polar surface area (TPSA) is 95.6 Å². The van der Waals surface area contributed by atoms with Crippen molar-refractivity contribution in [1.29, 1.82) is 0 Å². The Labute approximate surface area is 168 Å². The molecule has 4 rings (SSSR count). The van der Waals surface area contributed by atoms with Gasteiger partial charge in [-0.3, -0.25) is 4.79 Å². The number of H-pyrrole nitrogens is 1. The number of nitrogens with one attached hydrogen (secondary N) is 3. The normalized spacial score (nSPS) is 12.1. The molecule has 0 aliphatic carbocycles. The minimum Gasteiger partial charge on any atom is -0.342 e. The van der Waals surface area contributed by atoms with Gasteiger partial charge in [0, 0.05) is 23.6 Å². The van der Waals surface area contributed by atoms with Crippen LogP contribution in [0.3, 0.4) is 0 Å². The van der Waals surface area contributed by atoms with Gasteiger partial charge < -0.3 is 15.6 Å². The molecule has 29 heavy (non-hydrogen) atoms. The van der Waals surface area contributed by atoms with Gasteiger partial charge in [-0.05, 0) is 48.4 Å². The van der Waals surface area contributed by atoms with Gasteiger partial charge in [0.05, 0.1) is 17.1 Å². The maximum absolute atomic E-state index is 12.8. The number of aromatic nitrogens is 4. The average molecular weight is 386 g/mol. The van der Waals surface area contributed by atoms with E-state index in [0.29, 0.717) is 11.5 Å². The molecular formula is C22H22N6O. The minimum absolute atomic E-state index is 0.147. The third-order valence-electron chi connectivity index (χ3n) is 4.62. The van der Waals surface area contributed by atoms with E-state index in [1.165, 1.54) is 0 Å². The van der Waals surface area contributed by atoms with Crippen LogP contribution in [-0.4, -0.2) is 25.8 Å². The van der Waals surface area contributed by atoms with Crippen molar-refractivity contribution in [2.45, 2.75) is 19.9 Å². The number of amides is 1. The molecule has 0 fully saturated rings. The van der Waals surface area contributed by atoms with E-state index in [-0.39, 0.29) is 17.9 Å². The van der Waals surface area contributed by atoms with Gasteiger partial charge in [-0.2, -0.15) is 0 Å². The molecule has 7 nitrogen and oxygen atoms in total. The van der Waals surface area contributed by atoms with Crippen molar-refractivity contribution in [2.75, 3.05) is 5.32 Å². The number of para-hydroxylation sites is 2. The molecule has 146 valence electrons. The van der Waals surface area contributed by atoms with Crippen molar-refractivity contribution in [3.8, 4) is 0 Å². The Hall–Kier alpha value is -3.74. The van der Waals surface area contributed by atoms with E-state index in [9.17, 15) is 4.79 Å². The third-order valence-corrected chi connectivity index (χ3v) is 4.62. The Morgan fingerprint density at radius 1 is 0.966 bits per heavy atom. The summed E-state index contributed by atoms with van der Waals surface area (Å²) in [4.78, 5) is 29.0. The lowest BCUT2D eigenvalue weighted by molar-refractivity contribution is 0.0923. The van der Waals surface area contributed by atoms with Gasteiger partial charge in [-0.25, -0.2) is 15.0 Å². The summed E-state index contributed by atoms with van der Waals surface area (Å²) in [6, 6.07) is 16.6. The number of rotatable bonds is 6. The highest BCUT2D eigenvalue weighted by Gasteiger charge is 2.22. The molecule has 0 radical (unpaired) electrons. The van der Waals surface area contributed by atoms with Crippen LogP contribution in [0.5, 0.6) is 0 Å². The predicted molar refractivity (Wildman–Crippen MR) is 113 cm³/mol. The SMILES string of the molecule is CC(C)C(NC(=O)c1ccc(Nc2ncccn2)cc1)c1nc2ccccc2[nH]1. The van der Waals surface area contributed by atoms with Gasteiger partial charge in [-0.1, -0.05) is 26.0 Å². The van der Waals surface area contributed by atoms with Gasteiger partial charge in [-0.15, -0.1) is 0 Å². The number of carbonyl (C=O) groups is 1. The summed E-state index contributed by atoms with van der Waals surface area (Å²) >= 11 is 0. The first kappa shape index (κ1) is 18.6. The summed E-state index contributed by atoms with van der Waals surface area (Å²) in [5.74, 6) is 1.30. The van der Waals surface area contributed by atoms with Crippen LogP contribution in [0.15, 0.2) is 67.0 Å². The molecule has 0 saturated heterocycles. The van der Waals surface area contributed by atoms with Crippen LogP contribution in [0.2, 0.25) is 0 Å². The van der Waals surface area contributed by atoms with Crippen molar-refractivity contribution in [3.05, 3.63) is 78.4 Å². The zero-order valence-electron chi connectivity index (χ0n) is 16.3. The van der Waals surface area contributed by atoms with Crippen LogP contribution in [-0.2, 0) is 0 Å². The molecule has 3 N–H and O–H groups in total. The van der Waals surface area contributed by atoms with Crippen LogP contribution < -0.4 is 10.6 Å². The van der Waals surface area contributed by atoms with Crippen LogP contribution in [0.1, 0.15) is 36.1 Å². The van der Waals surface area contributed by atoms with E-state index in [1.54, 1.807) is 30.6 Å². The van der Waals surface area contributed by atoms with Crippen molar-refractivity contribution in [1.82, 2.24) is 25.3 Å². The molecular weight excluding hydrogens is 364 g/mol. The lowest BCUT2D eigenvalue weighted by Crippen LogP contribution is -2.32. The highest BCUT2D eigenvalue weighted by atomic mass is 16.1. The fraction of sp³-hybridized carbons (Fsp3) is 0.182. The van der Waals surface area contributed by atoms with Crippen LogP contribution in [0, 0.1) is 5.92 Å². The predicted octanol–water partition coefficient (Wildman–Crippen LogP) is 4.22. The second-order valence-electron chi connectivity index (χ2n) is 7.11. The highest BCUT2D eigenvalue weighted by Crippen LogP contribution is 2.23. The van der Waals surface area contributed by atoms with Gasteiger partial charge >= 0.3 is 0 Å². The highest BCUT2D eigenvalue weighted by molar-refractivity contribution is 5.94. The van der Waals surface area contributed by atoms with Crippen molar-refractivity contribution >= 4 is 28.6 Å². The van der Waals surface area contributed by atoms with Gasteiger partial charge in [0.25, 0.3) is 5.91 Å². The molecule has 1 atom stereocenters. The minimum atomic E-state index is -0.217. The van der Waals surface area contributed by atoms with Crippen LogP contribution in [0.4, 0.5) is 11.6 Å². The first-order valence-corrected chi connectivity index (χ1v) is 9.50. The first-order valence-electron chi connectivity index (χ1n) is 9.50. The summed E-state index contributed by atoms with van der Waals surface area (Å²) in [6.07, 6.45) is 3.34. The Morgan fingerprint density at radius 2 is 1.69 bits per heavy atom. The maximum atomic E-state index is 12.8. The summed E-state index contributed by atoms with van der Waals surface area (Å²) in [7, 11) is 0. The van der Waals surface area contributed by atoms with E-state index in [4.69, 9.17) is 0 Å². The monoisotopic (exact) mass is 386 g/mol. The maximum Gasteiger partial charge on any atom is 0.251 e. The fourth-order valence-corrected chi connectivity index (χ4v) is 3.09. The fourth-order valence-electron chi connectivity index (χ4n) is 3.09. The van der Waals surface area contributed by atoms with Crippen molar-refractivity contribution < 1.29 is 4.79 Å². The molecule has 2 aromatic heterocycles. The third kappa shape index (κ3) is 4.24. The molecule has 0 spiro atoms. The molecule has 0 aliphatic heterocycles. The number of nitrogens with zero attached hydrogens (tertiary/aromatic N) is 3. The lowest BCUT2D eigenvalue weighted by Gasteiger charge is -2.20. The Kier molecular flexibility index (Phi) is 5.20. The molecule has 4 aromatic rings. The van der Waals surface area contributed by atoms with Crippen molar-refractivity contribution in [2.24, 2.45) is 5.92 Å². The molecule has 2 aromatic carbocycles. The smallest absolute Gasteiger partial charge is 0.251 e. The zero-order valence-corrected chi connectivity index (χ0v) is 16.3. The number of anilines is 2. The summed E-state index contributed by atoms with van der Waals surface area (Å²) in [6.45, 7) is 4.12. The first-order chi connectivity index (χ1) is 14.1. The zero-order chi connectivity index (χ0) is 20.2.